The first-order valence-corrected chi connectivity index (χ1v) is 7.75. The van der Waals surface area contributed by atoms with Crippen LogP contribution in [-0.4, -0.2) is 33.5 Å². The molecule has 0 spiro atoms. The zero-order valence-electron chi connectivity index (χ0n) is 13.8. The molecule has 7 nitrogen and oxygen atoms in total. The summed E-state index contributed by atoms with van der Waals surface area (Å²) >= 11 is 0. The molecule has 0 radical (unpaired) electrons. The van der Waals surface area contributed by atoms with Crippen molar-refractivity contribution in [2.75, 3.05) is 11.9 Å². The van der Waals surface area contributed by atoms with Crippen molar-refractivity contribution in [1.82, 2.24) is 15.0 Å². The van der Waals surface area contributed by atoms with Gasteiger partial charge in [-0.25, -0.2) is 9.18 Å². The number of halogens is 1. The quantitative estimate of drug-likeness (QED) is 0.712. The van der Waals surface area contributed by atoms with Crippen LogP contribution in [0.3, 0.4) is 0 Å². The standard InChI is InChI=1S/C18H15FN4O3/c1-12-17(22-23(21-12)13-7-3-2-4-8-13)18(25)26-11-16(24)20-15-10-6-5-9-14(15)19/h2-10H,11H2,1H3,(H,20,24). The number of hydrogen-bond acceptors (Lipinski definition) is 5. The summed E-state index contributed by atoms with van der Waals surface area (Å²) in [5.74, 6) is -2.02. The number of hydrogen-bond donors (Lipinski definition) is 1. The maximum Gasteiger partial charge on any atom is 0.361 e. The van der Waals surface area contributed by atoms with E-state index in [0.29, 0.717) is 11.4 Å². The van der Waals surface area contributed by atoms with E-state index in [-0.39, 0.29) is 11.4 Å². The molecular formula is C18H15FN4O3. The Balaban J connectivity index is 1.63. The molecule has 1 aromatic heterocycles. The van der Waals surface area contributed by atoms with Crippen molar-refractivity contribution in [2.45, 2.75) is 6.92 Å². The number of esters is 1. The monoisotopic (exact) mass is 354 g/mol. The number of nitrogens with one attached hydrogen (secondary N) is 1. The molecule has 26 heavy (non-hydrogen) atoms. The Labute approximate surface area is 148 Å². The maximum absolute atomic E-state index is 13.5. The van der Waals surface area contributed by atoms with Crippen molar-refractivity contribution in [3.63, 3.8) is 0 Å². The van der Waals surface area contributed by atoms with Gasteiger partial charge in [-0.1, -0.05) is 30.3 Å². The topological polar surface area (TPSA) is 86.1 Å². The predicted molar refractivity (Wildman–Crippen MR) is 91.4 cm³/mol. The second kappa shape index (κ2) is 7.56. The fraction of sp³-hybridized carbons (Fsp3) is 0.111. The molecule has 3 rings (SSSR count). The van der Waals surface area contributed by atoms with Crippen molar-refractivity contribution in [2.24, 2.45) is 0 Å². The van der Waals surface area contributed by atoms with E-state index in [9.17, 15) is 14.0 Å². The summed E-state index contributed by atoms with van der Waals surface area (Å²) in [6, 6.07) is 14.8. The molecule has 132 valence electrons. The highest BCUT2D eigenvalue weighted by atomic mass is 19.1. The van der Waals surface area contributed by atoms with Gasteiger partial charge in [0.2, 0.25) is 0 Å². The third-order valence-corrected chi connectivity index (χ3v) is 3.44. The molecule has 0 saturated heterocycles. The van der Waals surface area contributed by atoms with Crippen LogP contribution < -0.4 is 5.32 Å². The first-order chi connectivity index (χ1) is 12.5. The van der Waals surface area contributed by atoms with Crippen molar-refractivity contribution in [1.29, 1.82) is 0 Å². The molecule has 0 unspecified atom stereocenters. The first-order valence-electron chi connectivity index (χ1n) is 7.75. The van der Waals surface area contributed by atoms with Gasteiger partial charge in [0.1, 0.15) is 5.82 Å². The van der Waals surface area contributed by atoms with E-state index >= 15 is 0 Å². The number of anilines is 1. The molecule has 1 N–H and O–H groups in total. The highest BCUT2D eigenvalue weighted by molar-refractivity contribution is 5.95. The molecule has 0 aliphatic rings. The second-order valence-corrected chi connectivity index (χ2v) is 5.36. The van der Waals surface area contributed by atoms with E-state index in [1.807, 2.05) is 18.2 Å². The zero-order valence-corrected chi connectivity index (χ0v) is 13.8. The molecule has 1 amide bonds. The Hall–Kier alpha value is -3.55. The number of rotatable bonds is 5. The van der Waals surface area contributed by atoms with E-state index in [4.69, 9.17) is 4.74 Å². The number of aryl methyl sites for hydroxylation is 1. The van der Waals surface area contributed by atoms with Crippen LogP contribution in [0.4, 0.5) is 10.1 Å². The van der Waals surface area contributed by atoms with Crippen molar-refractivity contribution in [3.05, 3.63) is 71.8 Å². The number of benzene rings is 2. The summed E-state index contributed by atoms with van der Waals surface area (Å²) in [7, 11) is 0. The third kappa shape index (κ3) is 3.92. The smallest absolute Gasteiger partial charge is 0.361 e. The van der Waals surface area contributed by atoms with Gasteiger partial charge in [0, 0.05) is 0 Å². The average Bonchev–Trinajstić information content (AvgIpc) is 3.04. The lowest BCUT2D eigenvalue weighted by Crippen LogP contribution is -2.22. The van der Waals surface area contributed by atoms with E-state index in [1.54, 1.807) is 25.1 Å². The number of nitrogens with zero attached hydrogens (tertiary/aromatic N) is 3. The van der Waals surface area contributed by atoms with E-state index < -0.39 is 24.3 Å². The summed E-state index contributed by atoms with van der Waals surface area (Å²) in [5.41, 5.74) is 1.08. The lowest BCUT2D eigenvalue weighted by Gasteiger charge is -2.06. The van der Waals surface area contributed by atoms with Gasteiger partial charge >= 0.3 is 5.97 Å². The Kier molecular flexibility index (Phi) is 5.02. The largest absolute Gasteiger partial charge is 0.451 e. The molecule has 0 aliphatic carbocycles. The molecule has 0 saturated carbocycles. The van der Waals surface area contributed by atoms with Gasteiger partial charge in [0.25, 0.3) is 5.91 Å². The highest BCUT2D eigenvalue weighted by Gasteiger charge is 2.19. The number of amides is 1. The summed E-state index contributed by atoms with van der Waals surface area (Å²) in [5, 5.41) is 10.6. The number of ether oxygens (including phenoxy) is 1. The van der Waals surface area contributed by atoms with E-state index in [0.717, 1.165) is 0 Å². The average molecular weight is 354 g/mol. The van der Waals surface area contributed by atoms with Gasteiger partial charge in [-0.05, 0) is 31.2 Å². The summed E-state index contributed by atoms with van der Waals surface area (Å²) in [6.07, 6.45) is 0. The third-order valence-electron chi connectivity index (χ3n) is 3.44. The molecule has 0 bridgehead atoms. The number of para-hydroxylation sites is 2. The Morgan fingerprint density at radius 1 is 1.08 bits per heavy atom. The van der Waals surface area contributed by atoms with Crippen LogP contribution in [0.25, 0.3) is 5.69 Å². The molecule has 8 heteroatoms. The SMILES string of the molecule is Cc1nn(-c2ccccc2)nc1C(=O)OCC(=O)Nc1ccccc1F. The van der Waals surface area contributed by atoms with Crippen LogP contribution in [-0.2, 0) is 9.53 Å². The number of carbonyl (C=O) groups excluding carboxylic acids is 2. The summed E-state index contributed by atoms with van der Waals surface area (Å²) in [6.45, 7) is 1.05. The van der Waals surface area contributed by atoms with Gasteiger partial charge in [-0.2, -0.15) is 9.90 Å². The van der Waals surface area contributed by atoms with Crippen LogP contribution in [0.5, 0.6) is 0 Å². The maximum atomic E-state index is 13.5. The lowest BCUT2D eigenvalue weighted by atomic mass is 10.3. The fourth-order valence-corrected chi connectivity index (χ4v) is 2.19. The minimum absolute atomic E-state index is 0.00699. The molecule has 0 atom stereocenters. The molecule has 1 heterocycles. The van der Waals surface area contributed by atoms with Crippen molar-refractivity contribution >= 4 is 17.6 Å². The van der Waals surface area contributed by atoms with Gasteiger partial charge in [0.15, 0.2) is 12.3 Å². The zero-order chi connectivity index (χ0) is 18.5. The fourth-order valence-electron chi connectivity index (χ4n) is 2.19. The predicted octanol–water partition coefficient (Wildman–Crippen LogP) is 2.51. The Morgan fingerprint density at radius 3 is 2.50 bits per heavy atom. The van der Waals surface area contributed by atoms with Crippen molar-refractivity contribution in [3.8, 4) is 5.69 Å². The van der Waals surface area contributed by atoms with E-state index in [2.05, 4.69) is 15.5 Å². The minimum Gasteiger partial charge on any atom is -0.451 e. The van der Waals surface area contributed by atoms with Crippen LogP contribution in [0.1, 0.15) is 16.2 Å². The molecule has 3 aromatic rings. The Morgan fingerprint density at radius 2 is 1.77 bits per heavy atom. The highest BCUT2D eigenvalue weighted by Crippen LogP contribution is 2.12. The Bertz CT molecular complexity index is 941. The molecule has 2 aromatic carbocycles. The number of carbonyl (C=O) groups is 2. The van der Waals surface area contributed by atoms with Gasteiger partial charge < -0.3 is 10.1 Å². The van der Waals surface area contributed by atoms with Gasteiger partial charge in [0.05, 0.1) is 17.1 Å². The van der Waals surface area contributed by atoms with Gasteiger partial charge in [-0.3, -0.25) is 4.79 Å². The molecular weight excluding hydrogens is 339 g/mol. The minimum atomic E-state index is -0.784. The second-order valence-electron chi connectivity index (χ2n) is 5.36. The first kappa shape index (κ1) is 17.3. The van der Waals surface area contributed by atoms with Crippen LogP contribution in [0.15, 0.2) is 54.6 Å². The van der Waals surface area contributed by atoms with Crippen molar-refractivity contribution < 1.29 is 18.7 Å². The van der Waals surface area contributed by atoms with Crippen LogP contribution in [0, 0.1) is 12.7 Å². The van der Waals surface area contributed by atoms with Crippen LogP contribution >= 0.6 is 0 Å². The van der Waals surface area contributed by atoms with E-state index in [1.165, 1.54) is 23.0 Å². The number of aromatic nitrogens is 3. The molecule has 0 aliphatic heterocycles. The summed E-state index contributed by atoms with van der Waals surface area (Å²) in [4.78, 5) is 25.3. The van der Waals surface area contributed by atoms with Crippen LogP contribution in [0.2, 0.25) is 0 Å². The normalized spacial score (nSPS) is 10.4. The molecule has 0 fully saturated rings. The van der Waals surface area contributed by atoms with Gasteiger partial charge in [-0.15, -0.1) is 5.10 Å². The summed E-state index contributed by atoms with van der Waals surface area (Å²) < 4.78 is 18.4. The lowest BCUT2D eigenvalue weighted by molar-refractivity contribution is -0.119.